The maximum atomic E-state index is 12.9. The Hall–Kier alpha value is -3.17. The van der Waals surface area contributed by atoms with Crippen LogP contribution >= 0.6 is 0 Å². The molecule has 24 heavy (non-hydrogen) atoms. The second-order valence-corrected chi connectivity index (χ2v) is 4.64. The number of amides is 1. The molecule has 0 radical (unpaired) electrons. The predicted octanol–water partition coefficient (Wildman–Crippen LogP) is 2.90. The normalized spacial score (nSPS) is 11.0. The van der Waals surface area contributed by atoms with E-state index in [4.69, 9.17) is 5.11 Å². The van der Waals surface area contributed by atoms with Crippen LogP contribution in [0.3, 0.4) is 0 Å². The molecule has 126 valence electrons. The summed E-state index contributed by atoms with van der Waals surface area (Å²) in [6, 6.07) is 6.04. The Kier molecular flexibility index (Phi) is 4.67. The van der Waals surface area contributed by atoms with Crippen molar-refractivity contribution in [1.29, 1.82) is 0 Å². The lowest BCUT2D eigenvalue weighted by atomic mass is 10.2. The molecule has 10 heteroatoms. The number of halogens is 3. The van der Waals surface area contributed by atoms with E-state index in [1.54, 1.807) is 0 Å². The van der Waals surface area contributed by atoms with Gasteiger partial charge in [0.15, 0.2) is 5.69 Å². The molecule has 3 N–H and O–H groups in total. The van der Waals surface area contributed by atoms with Crippen LogP contribution in [0.4, 0.5) is 30.5 Å². The average molecular weight is 340 g/mol. The number of aromatic nitrogens is 2. The number of rotatable bonds is 4. The maximum absolute atomic E-state index is 12.9. The van der Waals surface area contributed by atoms with Crippen molar-refractivity contribution in [3.63, 3.8) is 0 Å². The van der Waals surface area contributed by atoms with E-state index in [1.807, 2.05) is 0 Å². The highest BCUT2D eigenvalue weighted by atomic mass is 19.4. The molecule has 1 amide bonds. The Morgan fingerprint density at radius 2 is 1.71 bits per heavy atom. The van der Waals surface area contributed by atoms with Gasteiger partial charge in [-0.05, 0) is 24.3 Å². The van der Waals surface area contributed by atoms with Crippen LogP contribution in [0.1, 0.15) is 23.0 Å². The molecule has 7 nitrogen and oxygen atoms in total. The fraction of sp³-hybridized carbons (Fsp3) is 0.143. The molecule has 0 unspecified atom stereocenters. The SMILES string of the molecule is CC(=O)Nc1ccc(Nc2ncc(C(=O)O)c(C(F)(F)F)n2)cc1. The molecule has 0 aliphatic carbocycles. The number of anilines is 3. The molecule has 0 saturated carbocycles. The molecule has 0 atom stereocenters. The molecular formula is C14H11F3N4O3. The van der Waals surface area contributed by atoms with Gasteiger partial charge in [0.05, 0.1) is 0 Å². The van der Waals surface area contributed by atoms with Gasteiger partial charge in [0.1, 0.15) is 5.56 Å². The van der Waals surface area contributed by atoms with Gasteiger partial charge in [-0.2, -0.15) is 13.2 Å². The molecule has 2 rings (SSSR count). The van der Waals surface area contributed by atoms with Gasteiger partial charge in [-0.25, -0.2) is 14.8 Å². The zero-order chi connectivity index (χ0) is 17.9. The van der Waals surface area contributed by atoms with Crippen molar-refractivity contribution >= 4 is 29.2 Å². The van der Waals surface area contributed by atoms with Crippen LogP contribution in [-0.4, -0.2) is 27.0 Å². The summed E-state index contributed by atoms with van der Waals surface area (Å²) in [6.07, 6.45) is -4.34. The van der Waals surface area contributed by atoms with Gasteiger partial charge < -0.3 is 15.7 Å². The highest BCUT2D eigenvalue weighted by molar-refractivity contribution is 5.89. The van der Waals surface area contributed by atoms with Crippen LogP contribution < -0.4 is 10.6 Å². The zero-order valence-electron chi connectivity index (χ0n) is 12.2. The molecule has 0 bridgehead atoms. The van der Waals surface area contributed by atoms with Gasteiger partial charge in [-0.1, -0.05) is 0 Å². The quantitative estimate of drug-likeness (QED) is 0.790. The third kappa shape index (κ3) is 4.18. The summed E-state index contributed by atoms with van der Waals surface area (Å²) in [7, 11) is 0. The monoisotopic (exact) mass is 340 g/mol. The van der Waals surface area contributed by atoms with E-state index in [-0.39, 0.29) is 5.91 Å². The second-order valence-electron chi connectivity index (χ2n) is 4.64. The fourth-order valence-electron chi connectivity index (χ4n) is 1.78. The summed E-state index contributed by atoms with van der Waals surface area (Å²) in [6.45, 7) is 1.34. The first-order valence-electron chi connectivity index (χ1n) is 6.49. The number of alkyl halides is 3. The molecule has 1 aromatic carbocycles. The first-order chi connectivity index (χ1) is 11.2. The minimum atomic E-state index is -4.93. The van der Waals surface area contributed by atoms with Crippen molar-refractivity contribution in [2.75, 3.05) is 10.6 Å². The summed E-state index contributed by atoms with van der Waals surface area (Å²) >= 11 is 0. The molecule has 0 fully saturated rings. The van der Waals surface area contributed by atoms with Gasteiger partial charge >= 0.3 is 12.1 Å². The van der Waals surface area contributed by atoms with Crippen LogP contribution in [0.25, 0.3) is 0 Å². The number of hydrogen-bond donors (Lipinski definition) is 3. The van der Waals surface area contributed by atoms with E-state index in [2.05, 4.69) is 20.6 Å². The average Bonchev–Trinajstić information content (AvgIpc) is 2.47. The lowest BCUT2D eigenvalue weighted by Crippen LogP contribution is -2.17. The first kappa shape index (κ1) is 17.2. The molecule has 2 aromatic rings. The van der Waals surface area contributed by atoms with Crippen LogP contribution in [0.5, 0.6) is 0 Å². The summed E-state index contributed by atoms with van der Waals surface area (Å²) in [5.74, 6) is -2.44. The van der Waals surface area contributed by atoms with E-state index in [9.17, 15) is 22.8 Å². The van der Waals surface area contributed by atoms with Crippen molar-refractivity contribution in [2.45, 2.75) is 13.1 Å². The van der Waals surface area contributed by atoms with E-state index >= 15 is 0 Å². The van der Waals surface area contributed by atoms with Crippen molar-refractivity contribution in [3.05, 3.63) is 41.7 Å². The number of aromatic carboxylic acids is 1. The predicted molar refractivity (Wildman–Crippen MR) is 78.0 cm³/mol. The Morgan fingerprint density at radius 3 is 2.21 bits per heavy atom. The summed E-state index contributed by atoms with van der Waals surface area (Å²) in [5.41, 5.74) is -1.71. The minimum absolute atomic E-state index is 0.266. The molecule has 1 aromatic heterocycles. The third-order valence-electron chi connectivity index (χ3n) is 2.75. The number of carbonyl (C=O) groups excluding carboxylic acids is 1. The summed E-state index contributed by atoms with van der Waals surface area (Å²) in [4.78, 5) is 28.5. The lowest BCUT2D eigenvalue weighted by Gasteiger charge is -2.11. The van der Waals surface area contributed by atoms with Crippen LogP contribution in [0.2, 0.25) is 0 Å². The molecule has 0 aliphatic rings. The highest BCUT2D eigenvalue weighted by Crippen LogP contribution is 2.31. The Bertz CT molecular complexity index is 776. The van der Waals surface area contributed by atoms with Gasteiger partial charge in [0, 0.05) is 24.5 Å². The number of benzene rings is 1. The Morgan fingerprint density at radius 1 is 1.12 bits per heavy atom. The Labute approximate surface area is 133 Å². The first-order valence-corrected chi connectivity index (χ1v) is 6.49. The second kappa shape index (κ2) is 6.52. The largest absolute Gasteiger partial charge is 0.478 e. The lowest BCUT2D eigenvalue weighted by molar-refractivity contribution is -0.141. The molecule has 0 spiro atoms. The molecular weight excluding hydrogens is 329 g/mol. The van der Waals surface area contributed by atoms with E-state index in [1.165, 1.54) is 31.2 Å². The van der Waals surface area contributed by atoms with E-state index in [0.717, 1.165) is 0 Å². The summed E-state index contributed by atoms with van der Waals surface area (Å²) < 4.78 is 38.6. The van der Waals surface area contributed by atoms with Crippen LogP contribution in [-0.2, 0) is 11.0 Å². The smallest absolute Gasteiger partial charge is 0.434 e. The number of hydrogen-bond acceptors (Lipinski definition) is 5. The molecule has 0 saturated heterocycles. The van der Waals surface area contributed by atoms with Crippen molar-refractivity contribution in [1.82, 2.24) is 9.97 Å². The Balaban J connectivity index is 2.27. The third-order valence-corrected chi connectivity index (χ3v) is 2.75. The van der Waals surface area contributed by atoms with Crippen molar-refractivity contribution in [3.8, 4) is 0 Å². The van der Waals surface area contributed by atoms with Gasteiger partial charge in [-0.15, -0.1) is 0 Å². The zero-order valence-corrected chi connectivity index (χ0v) is 12.2. The molecule has 0 aliphatic heterocycles. The number of nitrogens with zero attached hydrogens (tertiary/aromatic N) is 2. The van der Waals surface area contributed by atoms with Crippen molar-refractivity contribution in [2.24, 2.45) is 0 Å². The molecule has 1 heterocycles. The van der Waals surface area contributed by atoms with E-state index in [0.29, 0.717) is 17.6 Å². The number of carbonyl (C=O) groups is 2. The van der Waals surface area contributed by atoms with Crippen LogP contribution in [0.15, 0.2) is 30.5 Å². The minimum Gasteiger partial charge on any atom is -0.478 e. The number of nitrogens with one attached hydrogen (secondary N) is 2. The maximum Gasteiger partial charge on any atom is 0.434 e. The number of carboxylic acids is 1. The van der Waals surface area contributed by atoms with Crippen molar-refractivity contribution < 1.29 is 27.9 Å². The number of carboxylic acid groups (broad SMARTS) is 1. The standard InChI is InChI=1S/C14H11F3N4O3/c1-7(22)19-8-2-4-9(5-3-8)20-13-18-6-10(12(23)24)11(21-13)14(15,16)17/h2-6H,1H3,(H,19,22)(H,23,24)(H,18,20,21). The van der Waals surface area contributed by atoms with Gasteiger partial charge in [0.25, 0.3) is 0 Å². The van der Waals surface area contributed by atoms with Gasteiger partial charge in [-0.3, -0.25) is 4.79 Å². The summed E-state index contributed by atoms with van der Waals surface area (Å²) in [5, 5.41) is 13.8. The van der Waals surface area contributed by atoms with E-state index < -0.39 is 29.4 Å². The topological polar surface area (TPSA) is 104 Å². The fourth-order valence-corrected chi connectivity index (χ4v) is 1.78. The van der Waals surface area contributed by atoms with Gasteiger partial charge in [0.2, 0.25) is 11.9 Å². The van der Waals surface area contributed by atoms with Crippen LogP contribution in [0, 0.1) is 0 Å². The highest BCUT2D eigenvalue weighted by Gasteiger charge is 2.38.